The Morgan fingerprint density at radius 2 is 1.88 bits per heavy atom. The minimum Gasteiger partial charge on any atom is -0.481 e. The number of carbonyl (C=O) groups excluding carboxylic acids is 2. The molecule has 1 saturated carbocycles. The van der Waals surface area contributed by atoms with Crippen molar-refractivity contribution in [3.8, 4) is 11.8 Å². The summed E-state index contributed by atoms with van der Waals surface area (Å²) < 4.78 is 0. The van der Waals surface area contributed by atoms with E-state index in [1.807, 2.05) is 0 Å². The van der Waals surface area contributed by atoms with Gasteiger partial charge >= 0.3 is 5.97 Å². The van der Waals surface area contributed by atoms with Gasteiger partial charge in [-0.1, -0.05) is 0 Å². The molecule has 0 saturated heterocycles. The summed E-state index contributed by atoms with van der Waals surface area (Å²) in [6.45, 7) is 0. The summed E-state index contributed by atoms with van der Waals surface area (Å²) in [4.78, 5) is 31.9. The lowest BCUT2D eigenvalue weighted by atomic mass is 9.84. The molecule has 1 aliphatic carbocycles. The van der Waals surface area contributed by atoms with E-state index in [9.17, 15) is 14.4 Å². The highest BCUT2D eigenvalue weighted by Gasteiger charge is 2.44. The van der Waals surface area contributed by atoms with Gasteiger partial charge in [0, 0.05) is 25.7 Å². The molecule has 0 aromatic heterocycles. The molecule has 0 aromatic rings. The van der Waals surface area contributed by atoms with Crippen LogP contribution in [0.4, 0.5) is 0 Å². The van der Waals surface area contributed by atoms with Gasteiger partial charge in [0.2, 0.25) is 0 Å². The van der Waals surface area contributed by atoms with Crippen LogP contribution in [-0.4, -0.2) is 27.5 Å². The number of ketones is 2. The van der Waals surface area contributed by atoms with Gasteiger partial charge in [-0.25, -0.2) is 0 Å². The first-order valence-electron chi connectivity index (χ1n) is 5.40. The summed E-state index contributed by atoms with van der Waals surface area (Å²) in [7, 11) is 0. The van der Waals surface area contributed by atoms with Crippen LogP contribution < -0.4 is 0 Å². The fourth-order valence-corrected chi connectivity index (χ4v) is 1.86. The molecule has 1 aliphatic rings. The summed E-state index contributed by atoms with van der Waals surface area (Å²) in [5.74, 6) is 3.76. The SMILES string of the molecule is O=C(O)CCC#CCC1(Cl)C(=O)CCCC1=O. The maximum atomic E-state index is 11.6. The van der Waals surface area contributed by atoms with Gasteiger partial charge in [0.25, 0.3) is 0 Å². The van der Waals surface area contributed by atoms with E-state index >= 15 is 0 Å². The summed E-state index contributed by atoms with van der Waals surface area (Å²) in [5, 5.41) is 8.39. The highest BCUT2D eigenvalue weighted by molar-refractivity contribution is 6.47. The first-order chi connectivity index (χ1) is 7.97. The molecule has 0 radical (unpaired) electrons. The first-order valence-corrected chi connectivity index (χ1v) is 5.77. The fourth-order valence-electron chi connectivity index (χ4n) is 1.60. The molecule has 1 fully saturated rings. The predicted molar refractivity (Wildman–Crippen MR) is 61.7 cm³/mol. The third-order valence-electron chi connectivity index (χ3n) is 2.61. The molecular formula is C12H13ClO4. The molecule has 17 heavy (non-hydrogen) atoms. The zero-order chi connectivity index (χ0) is 12.9. The van der Waals surface area contributed by atoms with Crippen molar-refractivity contribution < 1.29 is 19.5 Å². The Morgan fingerprint density at radius 3 is 2.41 bits per heavy atom. The van der Waals surface area contributed by atoms with Crippen LogP contribution in [-0.2, 0) is 14.4 Å². The van der Waals surface area contributed by atoms with Gasteiger partial charge in [-0.3, -0.25) is 14.4 Å². The quantitative estimate of drug-likeness (QED) is 0.472. The number of halogens is 1. The Hall–Kier alpha value is -1.34. The van der Waals surface area contributed by atoms with Crippen molar-refractivity contribution in [2.75, 3.05) is 0 Å². The number of rotatable bonds is 3. The lowest BCUT2D eigenvalue weighted by molar-refractivity contribution is -0.137. The van der Waals surface area contributed by atoms with Crippen molar-refractivity contribution in [3.63, 3.8) is 0 Å². The number of alkyl halides is 1. The summed E-state index contributed by atoms with van der Waals surface area (Å²) in [6, 6.07) is 0. The Kier molecular flexibility index (Phi) is 4.71. The number of aliphatic carboxylic acids is 1. The van der Waals surface area contributed by atoms with Crippen LogP contribution in [0.15, 0.2) is 0 Å². The van der Waals surface area contributed by atoms with Crippen molar-refractivity contribution in [1.29, 1.82) is 0 Å². The van der Waals surface area contributed by atoms with Gasteiger partial charge in [-0.05, 0) is 6.42 Å². The number of carboxylic acids is 1. The van der Waals surface area contributed by atoms with E-state index < -0.39 is 10.8 Å². The van der Waals surface area contributed by atoms with Crippen molar-refractivity contribution in [2.45, 2.75) is 43.4 Å². The zero-order valence-electron chi connectivity index (χ0n) is 9.29. The third kappa shape index (κ3) is 3.57. The zero-order valence-corrected chi connectivity index (χ0v) is 10.0. The second-order valence-electron chi connectivity index (χ2n) is 3.93. The fraction of sp³-hybridized carbons (Fsp3) is 0.583. The molecule has 0 amide bonds. The Morgan fingerprint density at radius 1 is 1.29 bits per heavy atom. The molecule has 0 aromatic carbocycles. The topological polar surface area (TPSA) is 71.4 Å². The summed E-state index contributed by atoms with van der Waals surface area (Å²) in [5.41, 5.74) is 0. The van der Waals surface area contributed by atoms with Crippen LogP contribution in [0, 0.1) is 11.8 Å². The second-order valence-corrected chi connectivity index (χ2v) is 4.57. The number of carboxylic acid groups (broad SMARTS) is 1. The predicted octanol–water partition coefficient (Wildman–Crippen LogP) is 1.54. The van der Waals surface area contributed by atoms with E-state index in [-0.39, 0.29) is 30.8 Å². The minimum atomic E-state index is -1.49. The van der Waals surface area contributed by atoms with Gasteiger partial charge in [-0.15, -0.1) is 23.4 Å². The molecular weight excluding hydrogens is 244 g/mol. The van der Waals surface area contributed by atoms with Crippen molar-refractivity contribution in [3.05, 3.63) is 0 Å². The van der Waals surface area contributed by atoms with E-state index in [2.05, 4.69) is 11.8 Å². The van der Waals surface area contributed by atoms with E-state index in [0.29, 0.717) is 19.3 Å². The average Bonchev–Trinajstić information content (AvgIpc) is 2.25. The van der Waals surface area contributed by atoms with E-state index in [1.165, 1.54) is 0 Å². The molecule has 0 atom stereocenters. The van der Waals surface area contributed by atoms with E-state index in [1.54, 1.807) is 0 Å². The van der Waals surface area contributed by atoms with Crippen LogP contribution in [0.2, 0.25) is 0 Å². The number of carbonyl (C=O) groups is 3. The van der Waals surface area contributed by atoms with Gasteiger partial charge in [0.1, 0.15) is 0 Å². The molecule has 0 spiro atoms. The van der Waals surface area contributed by atoms with Crippen LogP contribution in [0.3, 0.4) is 0 Å². The van der Waals surface area contributed by atoms with Crippen LogP contribution in [0.25, 0.3) is 0 Å². The molecule has 5 heteroatoms. The Labute approximate surface area is 104 Å². The third-order valence-corrected chi connectivity index (χ3v) is 3.17. The lowest BCUT2D eigenvalue weighted by Crippen LogP contribution is -2.43. The normalized spacial score (nSPS) is 18.4. The highest BCUT2D eigenvalue weighted by atomic mass is 35.5. The van der Waals surface area contributed by atoms with Crippen LogP contribution in [0.1, 0.15) is 38.5 Å². The smallest absolute Gasteiger partial charge is 0.304 e. The van der Waals surface area contributed by atoms with Gasteiger partial charge in [-0.2, -0.15) is 0 Å². The minimum absolute atomic E-state index is 0.0220. The average molecular weight is 257 g/mol. The number of hydrogen-bond donors (Lipinski definition) is 1. The number of Topliss-reactive ketones (excluding diaryl/α,β-unsaturated/α-hetero) is 2. The summed E-state index contributed by atoms with van der Waals surface area (Å²) in [6.07, 6.45) is 1.30. The molecule has 0 aliphatic heterocycles. The largest absolute Gasteiger partial charge is 0.481 e. The van der Waals surface area contributed by atoms with Crippen LogP contribution >= 0.6 is 11.6 Å². The van der Waals surface area contributed by atoms with Gasteiger partial charge in [0.05, 0.1) is 6.42 Å². The van der Waals surface area contributed by atoms with Gasteiger partial charge in [0.15, 0.2) is 16.4 Å². The standard InChI is InChI=1S/C12H13ClO4/c13-12(8-3-1-2-7-11(16)17)9(14)5-4-6-10(12)15/h2,4-8H2,(H,16,17). The maximum absolute atomic E-state index is 11.6. The first kappa shape index (κ1) is 13.7. The van der Waals surface area contributed by atoms with E-state index in [4.69, 9.17) is 16.7 Å². The molecule has 4 nitrogen and oxygen atoms in total. The lowest BCUT2D eigenvalue weighted by Gasteiger charge is -2.25. The van der Waals surface area contributed by atoms with Crippen molar-refractivity contribution >= 4 is 29.1 Å². The molecule has 1 N–H and O–H groups in total. The summed E-state index contributed by atoms with van der Waals surface area (Å²) >= 11 is 6.00. The molecule has 92 valence electrons. The van der Waals surface area contributed by atoms with Crippen LogP contribution in [0.5, 0.6) is 0 Å². The maximum Gasteiger partial charge on any atom is 0.304 e. The van der Waals surface area contributed by atoms with Gasteiger partial charge < -0.3 is 5.11 Å². The second kappa shape index (κ2) is 5.83. The highest BCUT2D eigenvalue weighted by Crippen LogP contribution is 2.30. The Bertz CT molecular complexity index is 386. The molecule has 0 unspecified atom stereocenters. The molecule has 0 heterocycles. The number of hydrogen-bond acceptors (Lipinski definition) is 3. The van der Waals surface area contributed by atoms with Crippen molar-refractivity contribution in [2.24, 2.45) is 0 Å². The monoisotopic (exact) mass is 256 g/mol. The Balaban J connectivity index is 2.56. The molecule has 1 rings (SSSR count). The molecule has 0 bridgehead atoms. The van der Waals surface area contributed by atoms with E-state index in [0.717, 1.165) is 0 Å². The van der Waals surface area contributed by atoms with Crippen molar-refractivity contribution in [1.82, 2.24) is 0 Å².